The summed E-state index contributed by atoms with van der Waals surface area (Å²) in [4.78, 5) is 18.4. The molecule has 20 heavy (non-hydrogen) atoms. The third-order valence-electron chi connectivity index (χ3n) is 3.00. The minimum Gasteiger partial charge on any atom is -0.383 e. The lowest BCUT2D eigenvalue weighted by Gasteiger charge is -2.26. The topological polar surface area (TPSA) is 68.5 Å². The number of nitrogens with two attached hydrogens (primary N) is 1. The number of hydrogen-bond donors (Lipinski definition) is 1. The van der Waals surface area contributed by atoms with Gasteiger partial charge in [0.2, 0.25) is 5.91 Å². The number of carbonyl (C=O) groups excluding carboxylic acids is 1. The van der Waals surface area contributed by atoms with Gasteiger partial charge in [-0.25, -0.2) is 0 Å². The molecule has 0 aliphatic rings. The van der Waals surface area contributed by atoms with Crippen LogP contribution in [-0.4, -0.2) is 42.1 Å². The second-order valence-electron chi connectivity index (χ2n) is 5.31. The molecule has 0 aliphatic heterocycles. The van der Waals surface area contributed by atoms with Gasteiger partial charge in [-0.3, -0.25) is 9.78 Å². The van der Waals surface area contributed by atoms with E-state index in [9.17, 15) is 4.79 Å². The number of aromatic nitrogens is 1. The summed E-state index contributed by atoms with van der Waals surface area (Å²) in [6, 6.07) is 5.21. The van der Waals surface area contributed by atoms with Gasteiger partial charge in [-0.05, 0) is 24.5 Å². The minimum absolute atomic E-state index is 0.0404. The zero-order valence-electron chi connectivity index (χ0n) is 12.6. The van der Waals surface area contributed by atoms with Crippen LogP contribution in [0.5, 0.6) is 0 Å². The van der Waals surface area contributed by atoms with Crippen LogP contribution in [-0.2, 0) is 16.1 Å². The Labute approximate surface area is 121 Å². The molecule has 0 aromatic carbocycles. The molecule has 0 saturated heterocycles. The lowest BCUT2D eigenvalue weighted by atomic mass is 10.0. The van der Waals surface area contributed by atoms with E-state index in [4.69, 9.17) is 10.5 Å². The zero-order valence-corrected chi connectivity index (χ0v) is 12.6. The van der Waals surface area contributed by atoms with Crippen LogP contribution in [0, 0.1) is 5.92 Å². The van der Waals surface area contributed by atoms with E-state index in [2.05, 4.69) is 18.8 Å². The van der Waals surface area contributed by atoms with Gasteiger partial charge in [0.1, 0.15) is 0 Å². The van der Waals surface area contributed by atoms with Gasteiger partial charge in [-0.2, -0.15) is 0 Å². The van der Waals surface area contributed by atoms with Gasteiger partial charge in [-0.1, -0.05) is 19.9 Å². The maximum absolute atomic E-state index is 12.4. The molecule has 1 heterocycles. The van der Waals surface area contributed by atoms with Crippen molar-refractivity contribution >= 4 is 5.91 Å². The van der Waals surface area contributed by atoms with E-state index in [1.807, 2.05) is 18.2 Å². The number of ether oxygens (including phenoxy) is 1. The highest BCUT2D eigenvalue weighted by molar-refractivity contribution is 5.81. The molecule has 0 unspecified atom stereocenters. The van der Waals surface area contributed by atoms with Crippen LogP contribution >= 0.6 is 0 Å². The highest BCUT2D eigenvalue weighted by atomic mass is 16.5. The average molecular weight is 279 g/mol. The Morgan fingerprint density at radius 1 is 1.45 bits per heavy atom. The molecule has 0 radical (unpaired) electrons. The molecule has 0 bridgehead atoms. The fourth-order valence-electron chi connectivity index (χ4n) is 2.00. The molecule has 1 aromatic heterocycles. The molecule has 1 atom stereocenters. The number of rotatable bonds is 8. The molecule has 1 amide bonds. The first-order valence-corrected chi connectivity index (χ1v) is 6.97. The molecule has 0 saturated carbocycles. The standard InChI is InChI=1S/C15H25N3O2/c1-12(2)10-14(16)15(19)18(8-9-20-3)11-13-6-4-5-7-17-13/h4-7,12,14H,8-11,16H2,1-3H3/t14-/m1/s1. The molecule has 0 aliphatic carbocycles. The number of hydrogen-bond acceptors (Lipinski definition) is 4. The SMILES string of the molecule is COCCN(Cc1ccccn1)C(=O)[C@H](N)CC(C)C. The van der Waals surface area contributed by atoms with Gasteiger partial charge in [0.15, 0.2) is 0 Å². The summed E-state index contributed by atoms with van der Waals surface area (Å²) in [6.07, 6.45) is 2.41. The summed E-state index contributed by atoms with van der Waals surface area (Å²) in [6.45, 7) is 5.61. The molecule has 5 heteroatoms. The van der Waals surface area contributed by atoms with Crippen molar-refractivity contribution in [1.29, 1.82) is 0 Å². The lowest BCUT2D eigenvalue weighted by molar-refractivity contribution is -0.134. The molecular formula is C15H25N3O2. The van der Waals surface area contributed by atoms with E-state index in [-0.39, 0.29) is 5.91 Å². The summed E-state index contributed by atoms with van der Waals surface area (Å²) in [7, 11) is 1.62. The molecular weight excluding hydrogens is 254 g/mol. The molecule has 1 rings (SSSR count). The van der Waals surface area contributed by atoms with Gasteiger partial charge in [0.05, 0.1) is 24.9 Å². The van der Waals surface area contributed by atoms with Gasteiger partial charge in [0.25, 0.3) is 0 Å². The van der Waals surface area contributed by atoms with E-state index in [1.54, 1.807) is 18.2 Å². The highest BCUT2D eigenvalue weighted by Gasteiger charge is 2.22. The molecule has 112 valence electrons. The van der Waals surface area contributed by atoms with Crippen LogP contribution in [0.2, 0.25) is 0 Å². The number of amides is 1. The van der Waals surface area contributed by atoms with Crippen molar-refractivity contribution in [1.82, 2.24) is 9.88 Å². The third kappa shape index (κ3) is 5.67. The van der Waals surface area contributed by atoms with Crippen LogP contribution in [0.4, 0.5) is 0 Å². The smallest absolute Gasteiger partial charge is 0.239 e. The van der Waals surface area contributed by atoms with Crippen molar-refractivity contribution in [2.45, 2.75) is 32.9 Å². The maximum Gasteiger partial charge on any atom is 0.239 e. The minimum atomic E-state index is -0.462. The molecule has 0 fully saturated rings. The van der Waals surface area contributed by atoms with Gasteiger partial charge < -0.3 is 15.4 Å². The van der Waals surface area contributed by atoms with Crippen molar-refractivity contribution in [3.05, 3.63) is 30.1 Å². The maximum atomic E-state index is 12.4. The average Bonchev–Trinajstić information content (AvgIpc) is 2.43. The summed E-state index contributed by atoms with van der Waals surface area (Å²) in [5.41, 5.74) is 6.85. The fourth-order valence-corrected chi connectivity index (χ4v) is 2.00. The summed E-state index contributed by atoms with van der Waals surface area (Å²) in [5.74, 6) is 0.356. The third-order valence-corrected chi connectivity index (χ3v) is 3.00. The number of methoxy groups -OCH3 is 1. The van der Waals surface area contributed by atoms with Crippen LogP contribution in [0.15, 0.2) is 24.4 Å². The van der Waals surface area contributed by atoms with Crippen molar-refractivity contribution < 1.29 is 9.53 Å². The fraction of sp³-hybridized carbons (Fsp3) is 0.600. The van der Waals surface area contributed by atoms with Crippen LogP contribution in [0.3, 0.4) is 0 Å². The Kier molecular flexibility index (Phi) is 7.18. The lowest BCUT2D eigenvalue weighted by Crippen LogP contribution is -2.45. The Morgan fingerprint density at radius 3 is 2.75 bits per heavy atom. The predicted octanol–water partition coefficient (Wildman–Crippen LogP) is 1.43. The number of carbonyl (C=O) groups is 1. The summed E-state index contributed by atoms with van der Waals surface area (Å²) < 4.78 is 5.07. The highest BCUT2D eigenvalue weighted by Crippen LogP contribution is 2.08. The Hall–Kier alpha value is -1.46. The number of pyridine rings is 1. The van der Waals surface area contributed by atoms with E-state index < -0.39 is 6.04 Å². The van der Waals surface area contributed by atoms with Crippen LogP contribution in [0.25, 0.3) is 0 Å². The molecule has 5 nitrogen and oxygen atoms in total. The van der Waals surface area contributed by atoms with E-state index in [1.165, 1.54) is 0 Å². The Morgan fingerprint density at radius 2 is 2.20 bits per heavy atom. The summed E-state index contributed by atoms with van der Waals surface area (Å²) in [5, 5.41) is 0. The van der Waals surface area contributed by atoms with Crippen molar-refractivity contribution in [2.75, 3.05) is 20.3 Å². The Bertz CT molecular complexity index is 395. The first kappa shape index (κ1) is 16.6. The van der Waals surface area contributed by atoms with Gasteiger partial charge in [0, 0.05) is 19.9 Å². The molecule has 1 aromatic rings. The zero-order chi connectivity index (χ0) is 15.0. The summed E-state index contributed by atoms with van der Waals surface area (Å²) >= 11 is 0. The first-order valence-electron chi connectivity index (χ1n) is 6.97. The van der Waals surface area contributed by atoms with E-state index in [0.717, 1.165) is 5.69 Å². The quantitative estimate of drug-likeness (QED) is 0.781. The molecule has 2 N–H and O–H groups in total. The first-order chi connectivity index (χ1) is 9.54. The predicted molar refractivity (Wildman–Crippen MR) is 79.0 cm³/mol. The Balaban J connectivity index is 2.70. The monoisotopic (exact) mass is 279 g/mol. The second-order valence-corrected chi connectivity index (χ2v) is 5.31. The van der Waals surface area contributed by atoms with Crippen molar-refractivity contribution in [2.24, 2.45) is 11.7 Å². The van der Waals surface area contributed by atoms with Crippen LogP contribution < -0.4 is 5.73 Å². The number of nitrogens with zero attached hydrogens (tertiary/aromatic N) is 2. The largest absolute Gasteiger partial charge is 0.383 e. The van der Waals surface area contributed by atoms with Gasteiger partial charge >= 0.3 is 0 Å². The van der Waals surface area contributed by atoms with Crippen molar-refractivity contribution in [3.63, 3.8) is 0 Å². The van der Waals surface area contributed by atoms with Crippen LogP contribution in [0.1, 0.15) is 26.0 Å². The normalized spacial score (nSPS) is 12.4. The molecule has 0 spiro atoms. The van der Waals surface area contributed by atoms with E-state index >= 15 is 0 Å². The second kappa shape index (κ2) is 8.66. The van der Waals surface area contributed by atoms with E-state index in [0.29, 0.717) is 32.0 Å². The van der Waals surface area contributed by atoms with Crippen molar-refractivity contribution in [3.8, 4) is 0 Å². The van der Waals surface area contributed by atoms with Gasteiger partial charge in [-0.15, -0.1) is 0 Å².